The van der Waals surface area contributed by atoms with Crippen LogP contribution in [0.3, 0.4) is 0 Å². The SMILES string of the molecule is CC[C@]1(C)OC2(N[C@H](C(=O)O)CO2)C(OC(C)C)=C1c1ccc(SOOC)cc1. The fourth-order valence-corrected chi connectivity index (χ4v) is 3.86. The zero-order valence-electron chi connectivity index (χ0n) is 17.2. The van der Waals surface area contributed by atoms with Gasteiger partial charge in [0.25, 0.3) is 5.91 Å². The lowest BCUT2D eigenvalue weighted by Crippen LogP contribution is -2.50. The van der Waals surface area contributed by atoms with Crippen LogP contribution in [0.5, 0.6) is 0 Å². The number of rotatable bonds is 8. The highest BCUT2D eigenvalue weighted by molar-refractivity contribution is 7.94. The Labute approximate surface area is 174 Å². The molecule has 9 heteroatoms. The summed E-state index contributed by atoms with van der Waals surface area (Å²) in [5, 5.41) is 12.4. The second-order valence-electron chi connectivity index (χ2n) is 7.36. The number of carbonyl (C=O) groups is 1. The Morgan fingerprint density at radius 3 is 2.59 bits per heavy atom. The van der Waals surface area contributed by atoms with Crippen LogP contribution in [0.2, 0.25) is 0 Å². The van der Waals surface area contributed by atoms with Crippen molar-refractivity contribution < 1.29 is 33.3 Å². The number of nitrogens with one attached hydrogen (secondary N) is 1. The van der Waals surface area contributed by atoms with Crippen molar-refractivity contribution in [2.24, 2.45) is 0 Å². The molecular weight excluding hydrogens is 398 g/mol. The van der Waals surface area contributed by atoms with Crippen LogP contribution in [0.15, 0.2) is 34.9 Å². The van der Waals surface area contributed by atoms with Gasteiger partial charge in [-0.1, -0.05) is 19.1 Å². The predicted octanol–water partition coefficient (Wildman–Crippen LogP) is 3.33. The minimum absolute atomic E-state index is 0.0166. The fourth-order valence-electron chi connectivity index (χ4n) is 3.46. The number of carboxylic acids is 1. The van der Waals surface area contributed by atoms with E-state index in [-0.39, 0.29) is 12.7 Å². The highest BCUT2D eigenvalue weighted by atomic mass is 32.2. The molecule has 0 aromatic heterocycles. The molecule has 3 atom stereocenters. The van der Waals surface area contributed by atoms with Crippen molar-refractivity contribution in [2.75, 3.05) is 13.7 Å². The van der Waals surface area contributed by atoms with Gasteiger partial charge in [-0.15, -0.1) is 0 Å². The van der Waals surface area contributed by atoms with E-state index in [2.05, 4.69) is 10.2 Å². The first-order valence-corrected chi connectivity index (χ1v) is 10.2. The first-order chi connectivity index (χ1) is 13.7. The normalized spacial score (nSPS) is 29.2. The lowest BCUT2D eigenvalue weighted by atomic mass is 9.88. The molecule has 2 heterocycles. The van der Waals surface area contributed by atoms with Gasteiger partial charge in [-0.25, -0.2) is 10.2 Å². The number of ether oxygens (including phenoxy) is 3. The molecular formula is C20H27NO7S. The Bertz CT molecular complexity index is 782. The Balaban J connectivity index is 2.07. The Kier molecular flexibility index (Phi) is 6.57. The van der Waals surface area contributed by atoms with Gasteiger partial charge >= 0.3 is 5.97 Å². The highest BCUT2D eigenvalue weighted by Crippen LogP contribution is 2.51. The van der Waals surface area contributed by atoms with Gasteiger partial charge in [0.05, 0.1) is 37.5 Å². The molecule has 3 rings (SSSR count). The quantitative estimate of drug-likeness (QED) is 0.369. The summed E-state index contributed by atoms with van der Waals surface area (Å²) in [5.74, 6) is -1.96. The van der Waals surface area contributed by atoms with E-state index in [1.54, 1.807) is 0 Å². The van der Waals surface area contributed by atoms with Crippen LogP contribution in [0.1, 0.15) is 39.7 Å². The summed E-state index contributed by atoms with van der Waals surface area (Å²) in [5.41, 5.74) is 0.992. The Hall–Kier alpha value is -1.62. The third kappa shape index (κ3) is 4.30. The van der Waals surface area contributed by atoms with Crippen LogP contribution >= 0.6 is 12.0 Å². The maximum absolute atomic E-state index is 11.5. The van der Waals surface area contributed by atoms with E-state index < -0.39 is 23.5 Å². The second kappa shape index (κ2) is 8.63. The van der Waals surface area contributed by atoms with Crippen LogP contribution < -0.4 is 5.32 Å². The van der Waals surface area contributed by atoms with Gasteiger partial charge in [0.15, 0.2) is 5.76 Å². The molecule has 1 unspecified atom stereocenters. The van der Waals surface area contributed by atoms with Crippen molar-refractivity contribution in [3.05, 3.63) is 35.6 Å². The van der Waals surface area contributed by atoms with Crippen LogP contribution in [0.4, 0.5) is 0 Å². The van der Waals surface area contributed by atoms with Crippen molar-refractivity contribution in [1.29, 1.82) is 0 Å². The largest absolute Gasteiger partial charge is 0.488 e. The maximum atomic E-state index is 11.5. The molecule has 8 nitrogen and oxygen atoms in total. The number of hydrogen-bond donors (Lipinski definition) is 2. The van der Waals surface area contributed by atoms with Gasteiger partial charge in [0, 0.05) is 10.5 Å². The number of aliphatic carboxylic acids is 1. The summed E-state index contributed by atoms with van der Waals surface area (Å²) in [6.45, 7) is 7.76. The van der Waals surface area contributed by atoms with E-state index in [4.69, 9.17) is 18.5 Å². The monoisotopic (exact) mass is 425 g/mol. The molecule has 0 aliphatic carbocycles. The summed E-state index contributed by atoms with van der Waals surface area (Å²) >= 11 is 1.11. The average molecular weight is 426 g/mol. The van der Waals surface area contributed by atoms with Crippen molar-refractivity contribution in [3.63, 3.8) is 0 Å². The molecule has 1 spiro atoms. The smallest absolute Gasteiger partial charge is 0.323 e. The first-order valence-electron chi connectivity index (χ1n) is 9.49. The summed E-state index contributed by atoms with van der Waals surface area (Å²) in [7, 11) is 1.45. The number of hydrogen-bond acceptors (Lipinski definition) is 8. The molecule has 0 amide bonds. The molecule has 0 saturated carbocycles. The van der Waals surface area contributed by atoms with Crippen LogP contribution in [0.25, 0.3) is 5.57 Å². The highest BCUT2D eigenvalue weighted by Gasteiger charge is 2.60. The molecule has 160 valence electrons. The molecule has 0 radical (unpaired) electrons. The lowest BCUT2D eigenvalue weighted by molar-refractivity contribution is -0.241. The Morgan fingerprint density at radius 1 is 1.38 bits per heavy atom. The molecule has 2 aliphatic heterocycles. The first kappa shape index (κ1) is 22.1. The van der Waals surface area contributed by atoms with E-state index in [0.717, 1.165) is 28.1 Å². The molecule has 1 aromatic carbocycles. The topological polar surface area (TPSA) is 95.5 Å². The summed E-state index contributed by atoms with van der Waals surface area (Å²) in [6.07, 6.45) is 0.486. The van der Waals surface area contributed by atoms with Gasteiger partial charge in [-0.05, 0) is 44.9 Å². The van der Waals surface area contributed by atoms with Crippen molar-refractivity contribution in [3.8, 4) is 0 Å². The number of benzene rings is 1. The standard InChI is InChI=1S/C20H27NO7S/c1-6-19(4)16(13-7-9-14(10-8-13)29-28-24-5)17(26-12(2)3)20(27-19)21-15(11-25-20)18(22)23/h7-10,12,15,21H,6,11H2,1-5H3,(H,22,23)/t15-,19-,20?/m0/s1. The van der Waals surface area contributed by atoms with Crippen molar-refractivity contribution >= 4 is 23.6 Å². The summed E-state index contributed by atoms with van der Waals surface area (Å²) in [4.78, 5) is 17.0. The molecule has 1 fully saturated rings. The van der Waals surface area contributed by atoms with Gasteiger partial charge in [-0.2, -0.15) is 4.33 Å². The van der Waals surface area contributed by atoms with E-state index >= 15 is 0 Å². The Morgan fingerprint density at radius 2 is 2.07 bits per heavy atom. The van der Waals surface area contributed by atoms with Gasteiger partial charge in [0.2, 0.25) is 0 Å². The average Bonchev–Trinajstić information content (AvgIpc) is 3.21. The van der Waals surface area contributed by atoms with Crippen molar-refractivity contribution in [2.45, 2.75) is 62.7 Å². The molecule has 2 aliphatic rings. The molecule has 2 N–H and O–H groups in total. The van der Waals surface area contributed by atoms with Gasteiger partial charge in [-0.3, -0.25) is 4.79 Å². The zero-order valence-corrected chi connectivity index (χ0v) is 18.0. The van der Waals surface area contributed by atoms with E-state index in [9.17, 15) is 9.90 Å². The van der Waals surface area contributed by atoms with Crippen LogP contribution in [-0.2, 0) is 28.2 Å². The van der Waals surface area contributed by atoms with Crippen molar-refractivity contribution in [1.82, 2.24) is 5.32 Å². The molecule has 1 saturated heterocycles. The number of carboxylic acid groups (broad SMARTS) is 1. The molecule has 0 bridgehead atoms. The minimum Gasteiger partial charge on any atom is -0.488 e. The molecule has 29 heavy (non-hydrogen) atoms. The molecule has 1 aromatic rings. The van der Waals surface area contributed by atoms with E-state index in [1.807, 2.05) is 52.0 Å². The van der Waals surface area contributed by atoms with E-state index in [1.165, 1.54) is 7.11 Å². The third-order valence-corrected chi connectivity index (χ3v) is 5.58. The van der Waals surface area contributed by atoms with Gasteiger partial charge in [0.1, 0.15) is 6.04 Å². The third-order valence-electron chi connectivity index (χ3n) is 4.91. The van der Waals surface area contributed by atoms with Crippen LogP contribution in [-0.4, -0.2) is 48.5 Å². The fraction of sp³-hybridized carbons (Fsp3) is 0.550. The van der Waals surface area contributed by atoms with E-state index in [0.29, 0.717) is 12.2 Å². The second-order valence-corrected chi connectivity index (χ2v) is 8.14. The summed E-state index contributed by atoms with van der Waals surface area (Å²) in [6, 6.07) is 6.82. The zero-order chi connectivity index (χ0) is 21.2. The summed E-state index contributed by atoms with van der Waals surface area (Å²) < 4.78 is 23.3. The lowest BCUT2D eigenvalue weighted by Gasteiger charge is -2.31. The maximum Gasteiger partial charge on any atom is 0.323 e. The predicted molar refractivity (Wildman–Crippen MR) is 107 cm³/mol. The minimum atomic E-state index is -1.43. The van der Waals surface area contributed by atoms with Crippen LogP contribution in [0, 0.1) is 0 Å². The van der Waals surface area contributed by atoms with Gasteiger partial charge < -0.3 is 19.3 Å².